The summed E-state index contributed by atoms with van der Waals surface area (Å²) >= 11 is 0. The molecule has 0 aliphatic rings. The number of hydrogen-bond acceptors (Lipinski definition) is 3. The second-order valence-corrected chi connectivity index (χ2v) is 4.58. The van der Waals surface area contributed by atoms with Gasteiger partial charge < -0.3 is 5.11 Å². The molecule has 2 heterocycles. The Hall–Kier alpha value is -1.68. The summed E-state index contributed by atoms with van der Waals surface area (Å²) in [4.78, 5) is 4.25. The number of aryl methyl sites for hydroxylation is 3. The number of pyridine rings is 1. The third-order valence-corrected chi connectivity index (χ3v) is 3.07. The molecule has 0 bridgehead atoms. The maximum absolute atomic E-state index is 10.2. The molecule has 4 heteroatoms. The molecule has 0 radical (unpaired) electrons. The normalized spacial score (nSPS) is 12.7. The highest BCUT2D eigenvalue weighted by Gasteiger charge is 2.13. The van der Waals surface area contributed by atoms with Gasteiger partial charge in [0.2, 0.25) is 0 Å². The predicted molar refractivity (Wildman–Crippen MR) is 70.2 cm³/mol. The fourth-order valence-corrected chi connectivity index (χ4v) is 1.91. The molecule has 0 aliphatic carbocycles. The highest BCUT2D eigenvalue weighted by Crippen LogP contribution is 2.17. The van der Waals surface area contributed by atoms with Crippen LogP contribution in [0.4, 0.5) is 0 Å². The van der Waals surface area contributed by atoms with Crippen LogP contribution < -0.4 is 0 Å². The van der Waals surface area contributed by atoms with Crippen molar-refractivity contribution in [2.24, 2.45) is 7.05 Å². The number of aliphatic hydroxyl groups excluding tert-OH is 1. The van der Waals surface area contributed by atoms with Crippen LogP contribution in [0.25, 0.3) is 0 Å². The van der Waals surface area contributed by atoms with E-state index in [0.29, 0.717) is 12.1 Å². The van der Waals surface area contributed by atoms with Gasteiger partial charge in [-0.05, 0) is 31.0 Å². The lowest BCUT2D eigenvalue weighted by Gasteiger charge is -2.10. The van der Waals surface area contributed by atoms with E-state index in [0.717, 1.165) is 23.4 Å². The number of nitrogens with zero attached hydrogens (tertiary/aromatic N) is 3. The predicted octanol–water partition coefficient (Wildman–Crippen LogP) is 1.96. The molecule has 1 N–H and O–H groups in total. The van der Waals surface area contributed by atoms with Gasteiger partial charge in [0.15, 0.2) is 0 Å². The van der Waals surface area contributed by atoms with Gasteiger partial charge in [0.25, 0.3) is 0 Å². The summed E-state index contributed by atoms with van der Waals surface area (Å²) in [6, 6.07) is 5.88. The maximum atomic E-state index is 10.2. The van der Waals surface area contributed by atoms with E-state index in [9.17, 15) is 5.11 Å². The van der Waals surface area contributed by atoms with Crippen molar-refractivity contribution in [3.8, 4) is 0 Å². The van der Waals surface area contributed by atoms with Gasteiger partial charge in [-0.1, -0.05) is 13.0 Å². The van der Waals surface area contributed by atoms with Crippen molar-refractivity contribution in [1.82, 2.24) is 14.8 Å². The lowest BCUT2D eigenvalue weighted by atomic mass is 10.1. The van der Waals surface area contributed by atoms with Crippen LogP contribution in [0.5, 0.6) is 0 Å². The van der Waals surface area contributed by atoms with E-state index in [1.807, 2.05) is 36.9 Å². The van der Waals surface area contributed by atoms with Crippen molar-refractivity contribution in [3.05, 3.63) is 47.0 Å². The Balaban J connectivity index is 2.13. The first-order chi connectivity index (χ1) is 8.60. The summed E-state index contributed by atoms with van der Waals surface area (Å²) in [6.45, 7) is 4.06. The molecule has 0 saturated carbocycles. The van der Waals surface area contributed by atoms with Gasteiger partial charge in [0, 0.05) is 25.4 Å². The molecular weight excluding hydrogens is 226 g/mol. The van der Waals surface area contributed by atoms with Crippen molar-refractivity contribution in [1.29, 1.82) is 0 Å². The van der Waals surface area contributed by atoms with Gasteiger partial charge in [-0.15, -0.1) is 0 Å². The monoisotopic (exact) mass is 245 g/mol. The fourth-order valence-electron chi connectivity index (χ4n) is 1.91. The minimum absolute atomic E-state index is 0.541. The molecule has 0 aliphatic heterocycles. The topological polar surface area (TPSA) is 50.9 Å². The van der Waals surface area contributed by atoms with Gasteiger partial charge >= 0.3 is 0 Å². The molecule has 0 aromatic carbocycles. The smallest absolute Gasteiger partial charge is 0.101 e. The number of hydrogen-bond donors (Lipinski definition) is 1. The fraction of sp³-hybridized carbons (Fsp3) is 0.429. The molecule has 0 fully saturated rings. The Morgan fingerprint density at radius 3 is 2.72 bits per heavy atom. The molecule has 2 aromatic heterocycles. The highest BCUT2D eigenvalue weighted by molar-refractivity contribution is 5.17. The van der Waals surface area contributed by atoms with Gasteiger partial charge in [0.05, 0.1) is 11.4 Å². The summed E-state index contributed by atoms with van der Waals surface area (Å²) in [7, 11) is 1.91. The van der Waals surface area contributed by atoms with Gasteiger partial charge in [0.1, 0.15) is 6.10 Å². The van der Waals surface area contributed by atoms with Crippen LogP contribution in [0.3, 0.4) is 0 Å². The maximum Gasteiger partial charge on any atom is 0.101 e. The Morgan fingerprint density at radius 1 is 1.39 bits per heavy atom. The minimum Gasteiger partial charge on any atom is -0.386 e. The van der Waals surface area contributed by atoms with Crippen LogP contribution >= 0.6 is 0 Å². The van der Waals surface area contributed by atoms with Crippen LogP contribution in [0, 0.1) is 6.92 Å². The largest absolute Gasteiger partial charge is 0.386 e. The third kappa shape index (κ3) is 2.76. The van der Waals surface area contributed by atoms with Crippen molar-refractivity contribution < 1.29 is 5.11 Å². The standard InChI is InChI=1S/C14H19N3O/c1-4-11-7-12(17(3)16-11)8-14(18)13-6-5-10(2)9-15-13/h5-7,9,14,18H,4,8H2,1-3H3. The first-order valence-corrected chi connectivity index (χ1v) is 6.22. The Morgan fingerprint density at radius 2 is 2.17 bits per heavy atom. The summed E-state index contributed by atoms with van der Waals surface area (Å²) in [5.74, 6) is 0. The van der Waals surface area contributed by atoms with E-state index in [1.54, 1.807) is 6.20 Å². The van der Waals surface area contributed by atoms with E-state index >= 15 is 0 Å². The molecule has 4 nitrogen and oxygen atoms in total. The third-order valence-electron chi connectivity index (χ3n) is 3.07. The van der Waals surface area contributed by atoms with Crippen molar-refractivity contribution in [2.45, 2.75) is 32.8 Å². The van der Waals surface area contributed by atoms with Gasteiger partial charge in [-0.25, -0.2) is 0 Å². The van der Waals surface area contributed by atoms with Crippen LogP contribution in [-0.4, -0.2) is 19.9 Å². The zero-order valence-corrected chi connectivity index (χ0v) is 11.1. The number of rotatable bonds is 4. The minimum atomic E-state index is -0.578. The second-order valence-electron chi connectivity index (χ2n) is 4.58. The molecule has 0 spiro atoms. The number of aliphatic hydroxyl groups is 1. The molecular formula is C14H19N3O. The lowest BCUT2D eigenvalue weighted by molar-refractivity contribution is 0.171. The van der Waals surface area contributed by atoms with Crippen molar-refractivity contribution in [3.63, 3.8) is 0 Å². The van der Waals surface area contributed by atoms with E-state index in [1.165, 1.54) is 0 Å². The zero-order chi connectivity index (χ0) is 13.1. The molecule has 1 unspecified atom stereocenters. The SMILES string of the molecule is CCc1cc(CC(O)c2ccc(C)cn2)n(C)n1. The van der Waals surface area contributed by atoms with Gasteiger partial charge in [-0.3, -0.25) is 9.67 Å². The van der Waals surface area contributed by atoms with Crippen LogP contribution in [0.15, 0.2) is 24.4 Å². The van der Waals surface area contributed by atoms with Crippen LogP contribution in [0.2, 0.25) is 0 Å². The van der Waals surface area contributed by atoms with E-state index in [-0.39, 0.29) is 0 Å². The van der Waals surface area contributed by atoms with E-state index in [2.05, 4.69) is 17.0 Å². The van der Waals surface area contributed by atoms with Crippen LogP contribution in [0.1, 0.15) is 35.7 Å². The summed E-state index contributed by atoms with van der Waals surface area (Å²) in [5.41, 5.74) is 3.89. The van der Waals surface area contributed by atoms with Crippen molar-refractivity contribution in [2.75, 3.05) is 0 Å². The summed E-state index contributed by atoms with van der Waals surface area (Å²) in [5, 5.41) is 14.5. The summed E-state index contributed by atoms with van der Waals surface area (Å²) < 4.78 is 1.83. The summed E-state index contributed by atoms with van der Waals surface area (Å²) in [6.07, 6.45) is 2.65. The number of aromatic nitrogens is 3. The second kappa shape index (κ2) is 5.31. The molecule has 1 atom stereocenters. The first kappa shape index (κ1) is 12.8. The average Bonchev–Trinajstić information content (AvgIpc) is 2.71. The molecule has 0 amide bonds. The zero-order valence-electron chi connectivity index (χ0n) is 11.1. The quantitative estimate of drug-likeness (QED) is 0.896. The lowest BCUT2D eigenvalue weighted by Crippen LogP contribution is -2.07. The Labute approximate surface area is 107 Å². The molecule has 18 heavy (non-hydrogen) atoms. The first-order valence-electron chi connectivity index (χ1n) is 6.22. The van der Waals surface area contributed by atoms with E-state index < -0.39 is 6.10 Å². The highest BCUT2D eigenvalue weighted by atomic mass is 16.3. The molecule has 2 rings (SSSR count). The Bertz CT molecular complexity index is 516. The molecule has 96 valence electrons. The molecule has 2 aromatic rings. The average molecular weight is 245 g/mol. The van der Waals surface area contributed by atoms with Crippen LogP contribution in [-0.2, 0) is 19.9 Å². The Kier molecular flexibility index (Phi) is 3.77. The molecule has 0 saturated heterocycles. The van der Waals surface area contributed by atoms with Crippen molar-refractivity contribution >= 4 is 0 Å². The van der Waals surface area contributed by atoms with Gasteiger partial charge in [-0.2, -0.15) is 5.10 Å². The van der Waals surface area contributed by atoms with E-state index in [4.69, 9.17) is 0 Å².